The van der Waals surface area contributed by atoms with E-state index in [9.17, 15) is 4.79 Å². The van der Waals surface area contributed by atoms with Crippen molar-refractivity contribution in [2.75, 3.05) is 6.54 Å². The van der Waals surface area contributed by atoms with Crippen LogP contribution in [0.1, 0.15) is 37.3 Å². The predicted molar refractivity (Wildman–Crippen MR) is 86.0 cm³/mol. The number of amides is 1. The van der Waals surface area contributed by atoms with Gasteiger partial charge in [0.2, 0.25) is 5.91 Å². The maximum atomic E-state index is 12.0. The summed E-state index contributed by atoms with van der Waals surface area (Å²) in [6, 6.07) is 3.93. The number of H-pyrrole nitrogens is 1. The second kappa shape index (κ2) is 5.92. The first kappa shape index (κ1) is 14.6. The Hall–Kier alpha value is -2.95. The van der Waals surface area contributed by atoms with E-state index in [4.69, 9.17) is 5.26 Å². The predicted octanol–water partition coefficient (Wildman–Crippen LogP) is 1.52. The topological polar surface area (TPSA) is 112 Å². The highest BCUT2D eigenvalue weighted by atomic mass is 16.1. The van der Waals surface area contributed by atoms with Crippen LogP contribution in [0.5, 0.6) is 0 Å². The van der Waals surface area contributed by atoms with Gasteiger partial charge in [-0.2, -0.15) is 5.26 Å². The van der Waals surface area contributed by atoms with Gasteiger partial charge in [-0.25, -0.2) is 9.50 Å². The van der Waals surface area contributed by atoms with Gasteiger partial charge in [0.05, 0.1) is 11.8 Å². The zero-order chi connectivity index (χ0) is 16.5. The quantitative estimate of drug-likeness (QED) is 0.710. The molecule has 0 aliphatic heterocycles. The molecule has 3 aromatic rings. The van der Waals surface area contributed by atoms with Crippen LogP contribution in [-0.4, -0.2) is 37.2 Å². The molecule has 122 valence electrons. The fourth-order valence-corrected chi connectivity index (χ4v) is 3.59. The largest absolute Gasteiger partial charge is 0.346 e. The minimum absolute atomic E-state index is 0.00890. The number of nitriles is 1. The highest BCUT2D eigenvalue weighted by molar-refractivity contribution is 5.92. The second-order valence-corrected chi connectivity index (χ2v) is 6.18. The third kappa shape index (κ3) is 2.38. The average Bonchev–Trinajstić information content (AvgIpc) is 3.25. The lowest BCUT2D eigenvalue weighted by Gasteiger charge is -2.26. The molecule has 0 atom stereocenters. The van der Waals surface area contributed by atoms with Crippen molar-refractivity contribution < 1.29 is 4.79 Å². The van der Waals surface area contributed by atoms with Crippen molar-refractivity contribution in [3.63, 3.8) is 0 Å². The molecular formula is C16H17N7O. The van der Waals surface area contributed by atoms with Crippen molar-refractivity contribution in [2.45, 2.75) is 31.6 Å². The van der Waals surface area contributed by atoms with Gasteiger partial charge >= 0.3 is 0 Å². The summed E-state index contributed by atoms with van der Waals surface area (Å²) in [4.78, 5) is 19.4. The molecular weight excluding hydrogens is 306 g/mol. The van der Waals surface area contributed by atoms with Crippen LogP contribution in [0.4, 0.5) is 0 Å². The van der Waals surface area contributed by atoms with Gasteiger partial charge in [-0.05, 0) is 31.7 Å². The zero-order valence-corrected chi connectivity index (χ0v) is 13.1. The SMILES string of the molecule is N#CCNC(=O)C1CCC(c2nnn3cnc4[nH]ccc4c23)CC1. The molecule has 8 nitrogen and oxygen atoms in total. The summed E-state index contributed by atoms with van der Waals surface area (Å²) in [6.45, 7) is 0.0762. The Morgan fingerprint density at radius 3 is 3.04 bits per heavy atom. The monoisotopic (exact) mass is 323 g/mol. The fourth-order valence-electron chi connectivity index (χ4n) is 3.59. The molecule has 0 saturated heterocycles. The molecule has 0 radical (unpaired) electrons. The Morgan fingerprint density at radius 2 is 2.25 bits per heavy atom. The number of carbonyl (C=O) groups is 1. The number of rotatable bonds is 3. The first-order chi connectivity index (χ1) is 11.8. The maximum Gasteiger partial charge on any atom is 0.223 e. The lowest BCUT2D eigenvalue weighted by atomic mass is 9.80. The minimum Gasteiger partial charge on any atom is -0.346 e. The smallest absolute Gasteiger partial charge is 0.223 e. The molecule has 0 aromatic carbocycles. The van der Waals surface area contributed by atoms with Gasteiger partial charge in [0.1, 0.15) is 24.0 Å². The molecule has 1 fully saturated rings. The molecule has 0 spiro atoms. The molecule has 4 rings (SSSR count). The lowest BCUT2D eigenvalue weighted by molar-refractivity contribution is -0.125. The molecule has 1 amide bonds. The number of nitrogens with one attached hydrogen (secondary N) is 2. The number of hydrogen-bond acceptors (Lipinski definition) is 5. The third-order valence-electron chi connectivity index (χ3n) is 4.82. The Bertz CT molecular complexity index is 927. The number of aromatic nitrogens is 5. The molecule has 1 aliphatic carbocycles. The Labute approximate surface area is 137 Å². The van der Waals surface area contributed by atoms with Crippen molar-refractivity contribution in [1.82, 2.24) is 30.1 Å². The normalized spacial score (nSPS) is 21.0. The minimum atomic E-state index is -0.0138. The van der Waals surface area contributed by atoms with E-state index in [-0.39, 0.29) is 18.4 Å². The molecule has 1 saturated carbocycles. The van der Waals surface area contributed by atoms with Crippen LogP contribution in [0.15, 0.2) is 18.6 Å². The Morgan fingerprint density at radius 1 is 1.42 bits per heavy atom. The van der Waals surface area contributed by atoms with Crippen LogP contribution < -0.4 is 5.32 Å². The summed E-state index contributed by atoms with van der Waals surface area (Å²) in [5.41, 5.74) is 2.81. The molecule has 3 aromatic heterocycles. The van der Waals surface area contributed by atoms with Crippen LogP contribution in [0, 0.1) is 17.2 Å². The van der Waals surface area contributed by atoms with Gasteiger partial charge in [0.25, 0.3) is 0 Å². The number of aromatic amines is 1. The number of fused-ring (bicyclic) bond motifs is 3. The fraction of sp³-hybridized carbons (Fsp3) is 0.438. The molecule has 1 aliphatic rings. The summed E-state index contributed by atoms with van der Waals surface area (Å²) in [7, 11) is 0. The van der Waals surface area contributed by atoms with E-state index in [1.54, 1.807) is 10.8 Å². The summed E-state index contributed by atoms with van der Waals surface area (Å²) in [5.74, 6) is 0.272. The standard InChI is InChI=1S/C16H17N7O/c17-6-8-19-16(24)11-3-1-10(2-4-11)13-14-12-5-7-18-15(12)20-9-23(14)22-21-13/h5,7,9-11,18H,1-4,8H2,(H,19,24). The van der Waals surface area contributed by atoms with E-state index < -0.39 is 0 Å². The summed E-state index contributed by atoms with van der Waals surface area (Å²) in [5, 5.41) is 20.8. The second-order valence-electron chi connectivity index (χ2n) is 6.18. The van der Waals surface area contributed by atoms with Gasteiger partial charge < -0.3 is 10.3 Å². The molecule has 8 heteroatoms. The van der Waals surface area contributed by atoms with Crippen LogP contribution in [-0.2, 0) is 4.79 Å². The summed E-state index contributed by atoms with van der Waals surface area (Å²) >= 11 is 0. The summed E-state index contributed by atoms with van der Waals surface area (Å²) in [6.07, 6.45) is 6.95. The van der Waals surface area contributed by atoms with Gasteiger partial charge in [0.15, 0.2) is 0 Å². The first-order valence-electron chi connectivity index (χ1n) is 8.09. The van der Waals surface area contributed by atoms with Crippen LogP contribution in [0.2, 0.25) is 0 Å². The molecule has 24 heavy (non-hydrogen) atoms. The van der Waals surface area contributed by atoms with Gasteiger partial charge in [-0.3, -0.25) is 4.79 Å². The van der Waals surface area contributed by atoms with Gasteiger partial charge in [0, 0.05) is 23.4 Å². The van der Waals surface area contributed by atoms with Crippen molar-refractivity contribution in [3.8, 4) is 6.07 Å². The van der Waals surface area contributed by atoms with E-state index in [1.807, 2.05) is 18.3 Å². The lowest BCUT2D eigenvalue weighted by Crippen LogP contribution is -2.33. The number of nitrogens with zero attached hydrogens (tertiary/aromatic N) is 5. The maximum absolute atomic E-state index is 12.0. The highest BCUT2D eigenvalue weighted by Gasteiger charge is 2.29. The van der Waals surface area contributed by atoms with E-state index in [1.165, 1.54) is 0 Å². The highest BCUT2D eigenvalue weighted by Crippen LogP contribution is 2.37. The van der Waals surface area contributed by atoms with Gasteiger partial charge in [-0.1, -0.05) is 5.21 Å². The van der Waals surface area contributed by atoms with Crippen molar-refractivity contribution in [3.05, 3.63) is 24.3 Å². The van der Waals surface area contributed by atoms with Crippen molar-refractivity contribution in [2.24, 2.45) is 5.92 Å². The number of hydrogen-bond donors (Lipinski definition) is 2. The molecule has 3 heterocycles. The third-order valence-corrected chi connectivity index (χ3v) is 4.82. The van der Waals surface area contributed by atoms with E-state index in [0.717, 1.165) is 47.9 Å². The van der Waals surface area contributed by atoms with E-state index >= 15 is 0 Å². The summed E-state index contributed by atoms with van der Waals surface area (Å²) < 4.78 is 1.72. The first-order valence-corrected chi connectivity index (χ1v) is 8.09. The van der Waals surface area contributed by atoms with Crippen LogP contribution in [0.25, 0.3) is 16.6 Å². The van der Waals surface area contributed by atoms with Crippen LogP contribution >= 0.6 is 0 Å². The zero-order valence-electron chi connectivity index (χ0n) is 13.1. The molecule has 0 bridgehead atoms. The Kier molecular flexibility index (Phi) is 3.61. The molecule has 0 unspecified atom stereocenters. The molecule has 2 N–H and O–H groups in total. The Balaban J connectivity index is 1.56. The number of carbonyl (C=O) groups excluding carboxylic acids is 1. The van der Waals surface area contributed by atoms with E-state index in [0.29, 0.717) is 5.92 Å². The average molecular weight is 323 g/mol. The van der Waals surface area contributed by atoms with Crippen LogP contribution in [0.3, 0.4) is 0 Å². The van der Waals surface area contributed by atoms with E-state index in [2.05, 4.69) is 25.6 Å². The van der Waals surface area contributed by atoms with Crippen molar-refractivity contribution in [1.29, 1.82) is 5.26 Å². The van der Waals surface area contributed by atoms with Crippen molar-refractivity contribution >= 4 is 22.5 Å². The van der Waals surface area contributed by atoms with Gasteiger partial charge in [-0.15, -0.1) is 5.10 Å².